The molecule has 6 heteroatoms. The Bertz CT molecular complexity index is 694. The monoisotopic (exact) mass is 390 g/mol. The second kappa shape index (κ2) is 13.1. The quantitative estimate of drug-likeness (QED) is 0.386. The molecule has 6 N–H and O–H groups in total. The molecular weight excluding hydrogens is 360 g/mol. The van der Waals surface area contributed by atoms with Gasteiger partial charge in [0.05, 0.1) is 6.04 Å². The van der Waals surface area contributed by atoms with Crippen molar-refractivity contribution in [2.24, 2.45) is 5.73 Å². The zero-order chi connectivity index (χ0) is 20.1. The van der Waals surface area contributed by atoms with Crippen LogP contribution in [0.2, 0.25) is 5.02 Å². The molecule has 0 aliphatic heterocycles. The lowest BCUT2D eigenvalue weighted by atomic mass is 10.1. The molecule has 1 unspecified atom stereocenters. The molecule has 0 radical (unpaired) electrons. The molecule has 2 aromatic rings. The number of aryl methyl sites for hydroxylation is 1. The van der Waals surface area contributed by atoms with Crippen LogP contribution in [-0.2, 0) is 11.2 Å². The number of anilines is 2. The third-order valence-corrected chi connectivity index (χ3v) is 4.16. The third-order valence-electron chi connectivity index (χ3n) is 3.93. The molecule has 0 fully saturated rings. The Kier molecular flexibility index (Phi) is 11.2. The molecule has 27 heavy (non-hydrogen) atoms. The SMILES string of the molecule is CCCNc1ccc(N)cc1CC.NCCNC(C=O)c1cccc(Cl)c1. The summed E-state index contributed by atoms with van der Waals surface area (Å²) in [6.07, 6.45) is 3.02. The highest BCUT2D eigenvalue weighted by atomic mass is 35.5. The van der Waals surface area contributed by atoms with Crippen molar-refractivity contribution in [2.75, 3.05) is 30.7 Å². The lowest BCUT2D eigenvalue weighted by molar-refractivity contribution is -0.109. The van der Waals surface area contributed by atoms with Gasteiger partial charge in [0.1, 0.15) is 6.29 Å². The summed E-state index contributed by atoms with van der Waals surface area (Å²) in [6.45, 7) is 6.44. The van der Waals surface area contributed by atoms with Gasteiger partial charge in [-0.25, -0.2) is 0 Å². The number of benzene rings is 2. The standard InChI is InChI=1S/C11H18N2.C10H13ClN2O/c1-3-7-13-11-6-5-10(12)8-9(11)4-2;11-9-3-1-2-8(6-9)10(7-14)13-5-4-12/h5-6,8,13H,3-4,7,12H2,1-2H3;1-3,6-7,10,13H,4-5,12H2. The number of halogens is 1. The molecule has 0 aliphatic carbocycles. The van der Waals surface area contributed by atoms with Crippen LogP contribution in [0.4, 0.5) is 11.4 Å². The smallest absolute Gasteiger partial charge is 0.141 e. The molecule has 148 valence electrons. The van der Waals surface area contributed by atoms with Gasteiger partial charge in [-0.1, -0.05) is 37.6 Å². The van der Waals surface area contributed by atoms with Crippen LogP contribution >= 0.6 is 11.6 Å². The Balaban J connectivity index is 0.000000271. The first-order chi connectivity index (χ1) is 13.0. The molecule has 5 nitrogen and oxygen atoms in total. The van der Waals surface area contributed by atoms with Crippen LogP contribution in [0.1, 0.15) is 37.4 Å². The lowest BCUT2D eigenvalue weighted by Crippen LogP contribution is -2.28. The second-order valence-corrected chi connectivity index (χ2v) is 6.54. The highest BCUT2D eigenvalue weighted by Gasteiger charge is 2.08. The summed E-state index contributed by atoms with van der Waals surface area (Å²) in [7, 11) is 0. The minimum absolute atomic E-state index is 0.322. The molecule has 0 amide bonds. The molecule has 0 bridgehead atoms. The van der Waals surface area contributed by atoms with E-state index in [4.69, 9.17) is 23.1 Å². The number of aldehydes is 1. The van der Waals surface area contributed by atoms with Crippen LogP contribution in [0.3, 0.4) is 0 Å². The van der Waals surface area contributed by atoms with E-state index < -0.39 is 0 Å². The van der Waals surface area contributed by atoms with Crippen LogP contribution in [-0.4, -0.2) is 25.9 Å². The first-order valence-electron chi connectivity index (χ1n) is 9.32. The lowest BCUT2D eigenvalue weighted by Gasteiger charge is -2.12. The summed E-state index contributed by atoms with van der Waals surface area (Å²) in [5.74, 6) is 0. The summed E-state index contributed by atoms with van der Waals surface area (Å²) >= 11 is 5.81. The summed E-state index contributed by atoms with van der Waals surface area (Å²) in [5, 5.41) is 7.03. The molecular formula is C21H31ClN4O. The molecule has 0 saturated carbocycles. The Morgan fingerprint density at radius 3 is 2.52 bits per heavy atom. The van der Waals surface area contributed by atoms with Crippen LogP contribution in [0, 0.1) is 0 Å². The Morgan fingerprint density at radius 1 is 1.15 bits per heavy atom. The van der Waals surface area contributed by atoms with Gasteiger partial charge in [-0.2, -0.15) is 0 Å². The average Bonchev–Trinajstić information content (AvgIpc) is 2.68. The van der Waals surface area contributed by atoms with E-state index in [-0.39, 0.29) is 6.04 Å². The van der Waals surface area contributed by atoms with Gasteiger partial charge in [-0.15, -0.1) is 0 Å². The van der Waals surface area contributed by atoms with E-state index in [1.54, 1.807) is 12.1 Å². The van der Waals surface area contributed by atoms with Crippen molar-refractivity contribution in [3.8, 4) is 0 Å². The number of carbonyl (C=O) groups excluding carboxylic acids is 1. The van der Waals surface area contributed by atoms with Crippen molar-refractivity contribution >= 4 is 29.3 Å². The number of carbonyl (C=O) groups is 1. The van der Waals surface area contributed by atoms with Crippen LogP contribution in [0.5, 0.6) is 0 Å². The van der Waals surface area contributed by atoms with Crippen LogP contribution < -0.4 is 22.1 Å². The maximum Gasteiger partial charge on any atom is 0.141 e. The van der Waals surface area contributed by atoms with E-state index in [9.17, 15) is 4.79 Å². The number of nitrogen functional groups attached to an aromatic ring is 1. The zero-order valence-electron chi connectivity index (χ0n) is 16.2. The van der Waals surface area contributed by atoms with E-state index >= 15 is 0 Å². The number of hydrogen-bond donors (Lipinski definition) is 4. The minimum Gasteiger partial charge on any atom is -0.399 e. The zero-order valence-corrected chi connectivity index (χ0v) is 16.9. The van der Waals surface area contributed by atoms with Gasteiger partial charge in [0.15, 0.2) is 0 Å². The van der Waals surface area contributed by atoms with Gasteiger partial charge < -0.3 is 26.9 Å². The van der Waals surface area contributed by atoms with Crippen LogP contribution in [0.25, 0.3) is 0 Å². The summed E-state index contributed by atoms with van der Waals surface area (Å²) in [4.78, 5) is 10.8. The Labute approximate surface area is 167 Å². The minimum atomic E-state index is -0.322. The molecule has 0 heterocycles. The van der Waals surface area contributed by atoms with E-state index in [1.807, 2.05) is 24.3 Å². The van der Waals surface area contributed by atoms with Crippen LogP contribution in [0.15, 0.2) is 42.5 Å². The highest BCUT2D eigenvalue weighted by molar-refractivity contribution is 6.30. The summed E-state index contributed by atoms with van der Waals surface area (Å²) in [5.41, 5.74) is 15.3. The van der Waals surface area contributed by atoms with Crippen molar-refractivity contribution in [3.63, 3.8) is 0 Å². The fraction of sp³-hybridized carbons (Fsp3) is 0.381. The maximum absolute atomic E-state index is 10.8. The highest BCUT2D eigenvalue weighted by Crippen LogP contribution is 2.19. The molecule has 0 spiro atoms. The number of rotatable bonds is 9. The second-order valence-electron chi connectivity index (χ2n) is 6.11. The third kappa shape index (κ3) is 8.43. The summed E-state index contributed by atoms with van der Waals surface area (Å²) in [6, 6.07) is 12.9. The maximum atomic E-state index is 10.8. The normalized spacial score (nSPS) is 11.3. The van der Waals surface area contributed by atoms with Gasteiger partial charge in [-0.3, -0.25) is 0 Å². The largest absolute Gasteiger partial charge is 0.399 e. The Morgan fingerprint density at radius 2 is 1.93 bits per heavy atom. The van der Waals surface area contributed by atoms with Gasteiger partial charge in [-0.05, 0) is 54.3 Å². The fourth-order valence-electron chi connectivity index (χ4n) is 2.52. The van der Waals surface area contributed by atoms with E-state index in [1.165, 1.54) is 11.3 Å². The molecule has 0 saturated heterocycles. The topological polar surface area (TPSA) is 93.2 Å². The number of nitrogens with two attached hydrogens (primary N) is 2. The van der Waals surface area contributed by atoms with E-state index in [0.29, 0.717) is 18.1 Å². The van der Waals surface area contributed by atoms with E-state index in [2.05, 4.69) is 30.5 Å². The van der Waals surface area contributed by atoms with Crippen molar-refractivity contribution in [1.82, 2.24) is 5.32 Å². The van der Waals surface area contributed by atoms with Gasteiger partial charge in [0.2, 0.25) is 0 Å². The van der Waals surface area contributed by atoms with Crippen molar-refractivity contribution in [3.05, 3.63) is 58.6 Å². The number of nitrogens with one attached hydrogen (secondary N) is 2. The van der Waals surface area contributed by atoms with Crippen molar-refractivity contribution < 1.29 is 4.79 Å². The fourth-order valence-corrected chi connectivity index (χ4v) is 2.72. The molecule has 1 atom stereocenters. The Hall–Kier alpha value is -2.08. The van der Waals surface area contributed by atoms with E-state index in [0.717, 1.165) is 36.9 Å². The number of hydrogen-bond acceptors (Lipinski definition) is 5. The van der Waals surface area contributed by atoms with Gasteiger partial charge in [0.25, 0.3) is 0 Å². The predicted molar refractivity (Wildman–Crippen MR) is 116 cm³/mol. The molecule has 0 aromatic heterocycles. The predicted octanol–water partition coefficient (Wildman–Crippen LogP) is 3.78. The van der Waals surface area contributed by atoms with Crippen molar-refractivity contribution in [1.29, 1.82) is 0 Å². The molecule has 0 aliphatic rings. The average molecular weight is 391 g/mol. The first kappa shape index (κ1) is 23.0. The first-order valence-corrected chi connectivity index (χ1v) is 9.69. The van der Waals surface area contributed by atoms with Gasteiger partial charge >= 0.3 is 0 Å². The summed E-state index contributed by atoms with van der Waals surface area (Å²) < 4.78 is 0. The molecule has 2 aromatic carbocycles. The molecule has 2 rings (SSSR count). The van der Waals surface area contributed by atoms with Gasteiger partial charge in [0, 0.05) is 36.0 Å². The van der Waals surface area contributed by atoms with Crippen molar-refractivity contribution in [2.45, 2.75) is 32.7 Å².